The fraction of sp³-hybridized carbons (Fsp3) is 0.250. The average Bonchev–Trinajstić information content (AvgIpc) is 2.50. The molecule has 0 aromatic heterocycles. The zero-order chi connectivity index (χ0) is 15.5. The van der Waals surface area contributed by atoms with Crippen molar-refractivity contribution in [2.24, 2.45) is 0 Å². The summed E-state index contributed by atoms with van der Waals surface area (Å²) in [7, 11) is 1.61. The monoisotopic (exact) mass is 325 g/mol. The molecule has 5 heteroatoms. The third kappa shape index (κ3) is 3.62. The highest BCUT2D eigenvalue weighted by atomic mass is 35.5. The zero-order valence-electron chi connectivity index (χ0n) is 11.9. The molecule has 112 valence electrons. The Morgan fingerprint density at radius 1 is 1.14 bits per heavy atom. The summed E-state index contributed by atoms with van der Waals surface area (Å²) in [5.41, 5.74) is 1.01. The van der Waals surface area contributed by atoms with Gasteiger partial charge in [0.15, 0.2) is 0 Å². The lowest BCUT2D eigenvalue weighted by molar-refractivity contribution is 0.224. The summed E-state index contributed by atoms with van der Waals surface area (Å²) < 4.78 is 5.20. The Morgan fingerprint density at radius 3 is 2.52 bits per heavy atom. The van der Waals surface area contributed by atoms with Crippen LogP contribution < -0.4 is 10.1 Å². The maximum atomic E-state index is 9.82. The first-order valence-electron chi connectivity index (χ1n) is 6.47. The average molecular weight is 326 g/mol. The van der Waals surface area contributed by atoms with Crippen LogP contribution in [0.5, 0.6) is 5.75 Å². The van der Waals surface area contributed by atoms with E-state index in [-0.39, 0.29) is 6.61 Å². The van der Waals surface area contributed by atoms with Gasteiger partial charge in [0.2, 0.25) is 0 Å². The number of methoxy groups -OCH3 is 1. The van der Waals surface area contributed by atoms with Crippen LogP contribution in [0.25, 0.3) is 0 Å². The molecule has 0 saturated carbocycles. The second-order valence-corrected chi connectivity index (χ2v) is 5.79. The number of benzene rings is 2. The lowest BCUT2D eigenvalue weighted by Crippen LogP contribution is -2.35. The van der Waals surface area contributed by atoms with Gasteiger partial charge in [-0.05, 0) is 36.8 Å². The normalized spacial score (nSPS) is 13.6. The Labute approximate surface area is 134 Å². The lowest BCUT2D eigenvalue weighted by Gasteiger charge is -2.31. The highest BCUT2D eigenvalue weighted by Gasteiger charge is 2.26. The maximum Gasteiger partial charge on any atom is 0.120 e. The molecule has 0 fully saturated rings. The van der Waals surface area contributed by atoms with Gasteiger partial charge in [-0.1, -0.05) is 35.3 Å². The van der Waals surface area contributed by atoms with E-state index in [0.29, 0.717) is 10.0 Å². The Kier molecular flexibility index (Phi) is 4.99. The van der Waals surface area contributed by atoms with Crippen LogP contribution in [0.4, 0.5) is 5.69 Å². The predicted molar refractivity (Wildman–Crippen MR) is 87.5 cm³/mol. The maximum absolute atomic E-state index is 9.82. The van der Waals surface area contributed by atoms with Gasteiger partial charge in [-0.15, -0.1) is 0 Å². The van der Waals surface area contributed by atoms with Gasteiger partial charge in [-0.25, -0.2) is 0 Å². The van der Waals surface area contributed by atoms with Crippen LogP contribution in [0, 0.1) is 0 Å². The molecule has 2 N–H and O–H groups in total. The lowest BCUT2D eigenvalue weighted by atomic mass is 9.92. The van der Waals surface area contributed by atoms with Crippen LogP contribution >= 0.6 is 23.2 Å². The number of anilines is 1. The largest absolute Gasteiger partial charge is 0.497 e. The molecule has 3 nitrogen and oxygen atoms in total. The number of halogens is 2. The minimum atomic E-state index is -0.680. The number of hydrogen-bond donors (Lipinski definition) is 2. The van der Waals surface area contributed by atoms with E-state index in [4.69, 9.17) is 27.9 Å². The summed E-state index contributed by atoms with van der Waals surface area (Å²) in [5, 5.41) is 14.1. The smallest absolute Gasteiger partial charge is 0.120 e. The standard InChI is InChI=1S/C16H17Cl2NO2/c1-16(10-20,11-6-7-14(17)15(18)8-11)19-12-4-3-5-13(9-12)21-2/h3-9,19-20H,10H2,1-2H3. The van der Waals surface area contributed by atoms with Crippen molar-refractivity contribution in [2.75, 3.05) is 19.0 Å². The molecule has 0 radical (unpaired) electrons. The van der Waals surface area contributed by atoms with E-state index in [1.807, 2.05) is 37.3 Å². The van der Waals surface area contributed by atoms with E-state index in [1.165, 1.54) is 0 Å². The highest BCUT2D eigenvalue weighted by Crippen LogP contribution is 2.31. The van der Waals surface area contributed by atoms with Crippen molar-refractivity contribution in [1.29, 1.82) is 0 Å². The minimum Gasteiger partial charge on any atom is -0.497 e. The molecule has 0 aliphatic carbocycles. The van der Waals surface area contributed by atoms with E-state index in [2.05, 4.69) is 5.32 Å². The topological polar surface area (TPSA) is 41.5 Å². The third-order valence-electron chi connectivity index (χ3n) is 3.36. The molecule has 0 heterocycles. The Balaban J connectivity index is 2.33. The van der Waals surface area contributed by atoms with E-state index in [1.54, 1.807) is 19.2 Å². The van der Waals surface area contributed by atoms with Crippen LogP contribution in [0.15, 0.2) is 42.5 Å². The van der Waals surface area contributed by atoms with E-state index < -0.39 is 5.54 Å². The van der Waals surface area contributed by atoms with E-state index in [9.17, 15) is 5.11 Å². The van der Waals surface area contributed by atoms with Gasteiger partial charge < -0.3 is 15.2 Å². The molecule has 2 aromatic carbocycles. The molecule has 0 aliphatic heterocycles. The SMILES string of the molecule is COc1cccc(NC(C)(CO)c2ccc(Cl)c(Cl)c2)c1. The molecule has 2 aromatic rings. The number of ether oxygens (including phenoxy) is 1. The van der Waals surface area contributed by atoms with Crippen molar-refractivity contribution in [3.05, 3.63) is 58.1 Å². The molecule has 21 heavy (non-hydrogen) atoms. The van der Waals surface area contributed by atoms with Crippen LogP contribution in [-0.2, 0) is 5.54 Å². The second kappa shape index (κ2) is 6.56. The summed E-state index contributed by atoms with van der Waals surface area (Å²) in [6.45, 7) is 1.80. The molecule has 0 bridgehead atoms. The summed E-state index contributed by atoms with van der Waals surface area (Å²) in [6, 6.07) is 12.8. The van der Waals surface area contributed by atoms with Gasteiger partial charge in [0.1, 0.15) is 5.75 Å². The summed E-state index contributed by atoms with van der Waals surface area (Å²) in [6.07, 6.45) is 0. The van der Waals surface area contributed by atoms with Crippen LogP contribution in [0.2, 0.25) is 10.0 Å². The first-order chi connectivity index (χ1) is 9.98. The number of hydrogen-bond acceptors (Lipinski definition) is 3. The van der Waals surface area contributed by atoms with Crippen molar-refractivity contribution in [2.45, 2.75) is 12.5 Å². The van der Waals surface area contributed by atoms with Gasteiger partial charge in [0, 0.05) is 11.8 Å². The van der Waals surface area contributed by atoms with Gasteiger partial charge in [0.05, 0.1) is 29.3 Å². The molecule has 0 saturated heterocycles. The van der Waals surface area contributed by atoms with Crippen LogP contribution in [0.3, 0.4) is 0 Å². The molecular weight excluding hydrogens is 309 g/mol. The highest BCUT2D eigenvalue weighted by molar-refractivity contribution is 6.42. The summed E-state index contributed by atoms with van der Waals surface area (Å²) >= 11 is 12.0. The number of nitrogens with one attached hydrogen (secondary N) is 1. The minimum absolute atomic E-state index is 0.0951. The zero-order valence-corrected chi connectivity index (χ0v) is 13.4. The van der Waals surface area contributed by atoms with Crippen molar-refractivity contribution in [3.63, 3.8) is 0 Å². The molecule has 2 rings (SSSR count). The van der Waals surface area contributed by atoms with Crippen molar-refractivity contribution in [1.82, 2.24) is 0 Å². The van der Waals surface area contributed by atoms with Crippen molar-refractivity contribution in [3.8, 4) is 5.75 Å². The Hall–Kier alpha value is -1.42. The van der Waals surface area contributed by atoms with Gasteiger partial charge in [0.25, 0.3) is 0 Å². The molecule has 0 aliphatic rings. The number of rotatable bonds is 5. The molecular formula is C16H17Cl2NO2. The first kappa shape index (κ1) is 16.0. The van der Waals surface area contributed by atoms with Gasteiger partial charge in [-0.3, -0.25) is 0 Å². The van der Waals surface area contributed by atoms with Crippen LogP contribution in [-0.4, -0.2) is 18.8 Å². The fourth-order valence-corrected chi connectivity index (χ4v) is 2.36. The number of aliphatic hydroxyl groups is 1. The first-order valence-corrected chi connectivity index (χ1v) is 7.23. The van der Waals surface area contributed by atoms with Crippen molar-refractivity contribution < 1.29 is 9.84 Å². The third-order valence-corrected chi connectivity index (χ3v) is 4.10. The quantitative estimate of drug-likeness (QED) is 0.860. The van der Waals surface area contributed by atoms with Crippen molar-refractivity contribution >= 4 is 28.9 Å². The molecule has 0 spiro atoms. The molecule has 1 atom stereocenters. The van der Waals surface area contributed by atoms with Gasteiger partial charge in [-0.2, -0.15) is 0 Å². The second-order valence-electron chi connectivity index (χ2n) is 4.98. The fourth-order valence-electron chi connectivity index (χ4n) is 2.06. The van der Waals surface area contributed by atoms with Gasteiger partial charge >= 0.3 is 0 Å². The Morgan fingerprint density at radius 2 is 1.90 bits per heavy atom. The summed E-state index contributed by atoms with van der Waals surface area (Å²) in [4.78, 5) is 0. The van der Waals surface area contributed by atoms with E-state index >= 15 is 0 Å². The molecule has 1 unspecified atom stereocenters. The predicted octanol–water partition coefficient (Wildman–Crippen LogP) is 4.32. The molecule has 0 amide bonds. The van der Waals surface area contributed by atoms with Crippen LogP contribution in [0.1, 0.15) is 12.5 Å². The van der Waals surface area contributed by atoms with E-state index in [0.717, 1.165) is 17.0 Å². The Bertz CT molecular complexity index is 633. The number of aliphatic hydroxyl groups excluding tert-OH is 1. The summed E-state index contributed by atoms with van der Waals surface area (Å²) in [5.74, 6) is 0.745.